The molecule has 1 saturated heterocycles. The number of rotatable bonds is 5. The lowest BCUT2D eigenvalue weighted by Gasteiger charge is -2.12. The number of benzene rings is 1. The van der Waals surface area contributed by atoms with Crippen LogP contribution in [0.5, 0.6) is 5.75 Å². The Balaban J connectivity index is 2.20. The van der Waals surface area contributed by atoms with Crippen molar-refractivity contribution in [1.82, 2.24) is 0 Å². The molecule has 0 aliphatic carbocycles. The highest BCUT2D eigenvalue weighted by Gasteiger charge is 2.26. The first-order valence-electron chi connectivity index (χ1n) is 5.84. The summed E-state index contributed by atoms with van der Waals surface area (Å²) in [6.45, 7) is 0.842. The topological polar surface area (TPSA) is 98.9 Å². The Morgan fingerprint density at radius 2 is 2.37 bits per heavy atom. The van der Waals surface area contributed by atoms with E-state index in [2.05, 4.69) is 0 Å². The first kappa shape index (κ1) is 13.3. The van der Waals surface area contributed by atoms with Crippen molar-refractivity contribution in [2.45, 2.75) is 18.9 Å². The van der Waals surface area contributed by atoms with E-state index in [0.29, 0.717) is 6.61 Å². The molecule has 1 N–H and O–H groups in total. The van der Waals surface area contributed by atoms with E-state index in [4.69, 9.17) is 14.6 Å². The zero-order chi connectivity index (χ0) is 13.8. The van der Waals surface area contributed by atoms with Gasteiger partial charge >= 0.3 is 11.7 Å². The molecular formula is C12H13NO6. The van der Waals surface area contributed by atoms with Crippen LogP contribution in [0.3, 0.4) is 0 Å². The Bertz CT molecular complexity index is 495. The molecule has 1 unspecified atom stereocenters. The van der Waals surface area contributed by atoms with Gasteiger partial charge in [-0.15, -0.1) is 0 Å². The van der Waals surface area contributed by atoms with Gasteiger partial charge < -0.3 is 14.6 Å². The molecule has 19 heavy (non-hydrogen) atoms. The number of carboxylic acid groups (broad SMARTS) is 1. The van der Waals surface area contributed by atoms with E-state index in [1.807, 2.05) is 0 Å². The molecule has 0 saturated carbocycles. The molecule has 0 radical (unpaired) electrons. The molecule has 7 nitrogen and oxygen atoms in total. The standard InChI is InChI=1S/C12H13NO6/c14-12(15)9-4-1-5-10(11(9)13(16)17)19-7-8-3-2-6-18-8/h1,4-5,8H,2-3,6-7H2,(H,14,15). The smallest absolute Gasteiger partial charge is 0.342 e. The minimum Gasteiger partial charge on any atom is -0.484 e. The second-order valence-corrected chi connectivity index (χ2v) is 4.16. The van der Waals surface area contributed by atoms with Gasteiger partial charge in [-0.25, -0.2) is 4.79 Å². The molecule has 0 aromatic heterocycles. The predicted octanol–water partition coefficient (Wildman–Crippen LogP) is 1.85. The van der Waals surface area contributed by atoms with Crippen molar-refractivity contribution in [2.24, 2.45) is 0 Å². The van der Waals surface area contributed by atoms with Crippen LogP contribution >= 0.6 is 0 Å². The monoisotopic (exact) mass is 267 g/mol. The fraction of sp³-hybridized carbons (Fsp3) is 0.417. The second kappa shape index (κ2) is 5.66. The lowest BCUT2D eigenvalue weighted by Crippen LogP contribution is -2.17. The summed E-state index contributed by atoms with van der Waals surface area (Å²) in [5, 5.41) is 19.9. The van der Waals surface area contributed by atoms with Gasteiger partial charge in [0.1, 0.15) is 12.2 Å². The van der Waals surface area contributed by atoms with E-state index < -0.39 is 16.6 Å². The first-order chi connectivity index (χ1) is 9.09. The molecule has 1 aliphatic heterocycles. The molecule has 0 amide bonds. The number of hydrogen-bond donors (Lipinski definition) is 1. The van der Waals surface area contributed by atoms with E-state index >= 15 is 0 Å². The first-order valence-corrected chi connectivity index (χ1v) is 5.84. The van der Waals surface area contributed by atoms with E-state index in [-0.39, 0.29) is 24.0 Å². The van der Waals surface area contributed by atoms with Crippen molar-refractivity contribution in [3.8, 4) is 5.75 Å². The van der Waals surface area contributed by atoms with Crippen molar-refractivity contribution in [2.75, 3.05) is 13.2 Å². The summed E-state index contributed by atoms with van der Waals surface area (Å²) in [4.78, 5) is 21.2. The number of carboxylic acids is 1. The van der Waals surface area contributed by atoms with E-state index in [1.165, 1.54) is 18.2 Å². The fourth-order valence-electron chi connectivity index (χ4n) is 1.96. The molecule has 2 rings (SSSR count). The fourth-order valence-corrected chi connectivity index (χ4v) is 1.96. The third kappa shape index (κ3) is 3.00. The maximum Gasteiger partial charge on any atom is 0.342 e. The molecule has 1 atom stereocenters. The van der Waals surface area contributed by atoms with Gasteiger partial charge in [0, 0.05) is 6.61 Å². The van der Waals surface area contributed by atoms with Gasteiger partial charge in [-0.3, -0.25) is 10.1 Å². The largest absolute Gasteiger partial charge is 0.484 e. The molecule has 0 bridgehead atoms. The van der Waals surface area contributed by atoms with Crippen LogP contribution in [0.15, 0.2) is 18.2 Å². The third-order valence-corrected chi connectivity index (χ3v) is 2.86. The molecule has 0 spiro atoms. The Labute approximate surface area is 108 Å². The highest BCUT2D eigenvalue weighted by Crippen LogP contribution is 2.31. The number of nitro groups is 1. The molecular weight excluding hydrogens is 254 g/mol. The lowest BCUT2D eigenvalue weighted by atomic mass is 10.1. The van der Waals surface area contributed by atoms with Crippen molar-refractivity contribution in [3.63, 3.8) is 0 Å². The molecule has 1 aliphatic rings. The highest BCUT2D eigenvalue weighted by molar-refractivity contribution is 5.93. The number of hydrogen-bond acceptors (Lipinski definition) is 5. The number of nitro benzene ring substituents is 1. The van der Waals surface area contributed by atoms with Crippen LogP contribution in [-0.4, -0.2) is 35.3 Å². The SMILES string of the molecule is O=C(O)c1cccc(OCC2CCCO2)c1[N+](=O)[O-]. The molecule has 7 heteroatoms. The Kier molecular flexibility index (Phi) is 3.96. The third-order valence-electron chi connectivity index (χ3n) is 2.86. The number of ether oxygens (including phenoxy) is 2. The van der Waals surface area contributed by atoms with Gasteiger partial charge in [-0.05, 0) is 25.0 Å². The number of carbonyl (C=O) groups is 1. The molecule has 1 aromatic rings. The van der Waals surface area contributed by atoms with Crippen molar-refractivity contribution in [3.05, 3.63) is 33.9 Å². The van der Waals surface area contributed by atoms with Gasteiger partial charge in [-0.2, -0.15) is 0 Å². The van der Waals surface area contributed by atoms with Gasteiger partial charge in [0.05, 0.1) is 11.0 Å². The van der Waals surface area contributed by atoms with E-state index in [1.54, 1.807) is 0 Å². The number of nitrogens with zero attached hydrogens (tertiary/aromatic N) is 1. The van der Waals surface area contributed by atoms with Crippen molar-refractivity contribution in [1.29, 1.82) is 0 Å². The van der Waals surface area contributed by atoms with Gasteiger partial charge in [-0.1, -0.05) is 6.07 Å². The summed E-state index contributed by atoms with van der Waals surface area (Å²) in [7, 11) is 0. The summed E-state index contributed by atoms with van der Waals surface area (Å²) in [5.41, 5.74) is -0.900. The van der Waals surface area contributed by atoms with Gasteiger partial charge in [0.25, 0.3) is 0 Å². The predicted molar refractivity (Wildman–Crippen MR) is 64.5 cm³/mol. The van der Waals surface area contributed by atoms with Crippen LogP contribution in [0.2, 0.25) is 0 Å². The van der Waals surface area contributed by atoms with Crippen molar-refractivity contribution < 1.29 is 24.3 Å². The minimum absolute atomic E-state index is 0.0413. The van der Waals surface area contributed by atoms with Crippen LogP contribution in [0, 0.1) is 10.1 Å². The summed E-state index contributed by atoms with van der Waals surface area (Å²) in [6.07, 6.45) is 1.69. The zero-order valence-corrected chi connectivity index (χ0v) is 10.1. The molecule has 1 fully saturated rings. The van der Waals surface area contributed by atoms with E-state index in [0.717, 1.165) is 12.8 Å². The normalized spacial score (nSPS) is 18.2. The van der Waals surface area contributed by atoms with Crippen LogP contribution in [0.25, 0.3) is 0 Å². The minimum atomic E-state index is -1.35. The highest BCUT2D eigenvalue weighted by atomic mass is 16.6. The van der Waals surface area contributed by atoms with Crippen LogP contribution in [0.4, 0.5) is 5.69 Å². The van der Waals surface area contributed by atoms with Crippen molar-refractivity contribution >= 4 is 11.7 Å². The number of para-hydroxylation sites is 1. The average Bonchev–Trinajstić information content (AvgIpc) is 2.88. The van der Waals surface area contributed by atoms with Crippen LogP contribution in [-0.2, 0) is 4.74 Å². The summed E-state index contributed by atoms with van der Waals surface area (Å²) >= 11 is 0. The van der Waals surface area contributed by atoms with E-state index in [9.17, 15) is 14.9 Å². The molecule has 102 valence electrons. The molecule has 1 heterocycles. The Morgan fingerprint density at radius 1 is 1.58 bits per heavy atom. The van der Waals surface area contributed by atoms with Crippen LogP contribution < -0.4 is 4.74 Å². The summed E-state index contributed by atoms with van der Waals surface area (Å²) in [6, 6.07) is 3.99. The maximum absolute atomic E-state index is 11.0. The van der Waals surface area contributed by atoms with Crippen LogP contribution in [0.1, 0.15) is 23.2 Å². The Morgan fingerprint density at radius 3 is 2.95 bits per heavy atom. The summed E-state index contributed by atoms with van der Waals surface area (Å²) in [5.74, 6) is -1.39. The maximum atomic E-state index is 11.0. The number of aromatic carboxylic acids is 1. The Hall–Kier alpha value is -2.15. The average molecular weight is 267 g/mol. The molecule has 1 aromatic carbocycles. The quantitative estimate of drug-likeness (QED) is 0.645. The van der Waals surface area contributed by atoms with Gasteiger partial charge in [0.15, 0.2) is 5.75 Å². The summed E-state index contributed by atoms with van der Waals surface area (Å²) < 4.78 is 10.7. The lowest BCUT2D eigenvalue weighted by molar-refractivity contribution is -0.386. The zero-order valence-electron chi connectivity index (χ0n) is 10.1. The second-order valence-electron chi connectivity index (χ2n) is 4.16. The van der Waals surface area contributed by atoms with Gasteiger partial charge in [0.2, 0.25) is 0 Å².